The molecule has 1 amide bonds. The van der Waals surface area contributed by atoms with Crippen LogP contribution in [0.1, 0.15) is 13.3 Å². The van der Waals surface area contributed by atoms with E-state index in [4.69, 9.17) is 16.3 Å². The average molecular weight is 299 g/mol. The van der Waals surface area contributed by atoms with E-state index in [1.54, 1.807) is 6.07 Å². The molecule has 0 spiro atoms. The number of piperazine rings is 1. The number of hydrogen-bond donors (Lipinski definition) is 0. The summed E-state index contributed by atoms with van der Waals surface area (Å²) in [5.74, 6) is 0.859. The van der Waals surface area contributed by atoms with Crippen molar-refractivity contribution in [3.8, 4) is 0 Å². The quantitative estimate of drug-likeness (QED) is 0.604. The molecule has 6 nitrogen and oxygen atoms in total. The van der Waals surface area contributed by atoms with Crippen molar-refractivity contribution < 1.29 is 9.53 Å². The molecule has 0 saturated carbocycles. The summed E-state index contributed by atoms with van der Waals surface area (Å²) in [6.45, 7) is 5.67. The number of halogens is 1. The van der Waals surface area contributed by atoms with Gasteiger partial charge >= 0.3 is 0 Å². The highest BCUT2D eigenvalue weighted by atomic mass is 35.5. The van der Waals surface area contributed by atoms with Gasteiger partial charge in [0.05, 0.1) is 0 Å². The topological polar surface area (TPSA) is 58.6 Å². The van der Waals surface area contributed by atoms with Crippen molar-refractivity contribution in [2.45, 2.75) is 13.3 Å². The molecule has 0 radical (unpaired) electrons. The molecule has 0 aliphatic carbocycles. The fourth-order valence-electron chi connectivity index (χ4n) is 2.08. The minimum absolute atomic E-state index is 0.0545. The lowest BCUT2D eigenvalue weighted by Gasteiger charge is -2.35. The third kappa shape index (κ3) is 4.05. The lowest BCUT2D eigenvalue weighted by atomic mass is 10.3. The Kier molecular flexibility index (Phi) is 5.55. The first-order chi connectivity index (χ1) is 9.70. The van der Waals surface area contributed by atoms with Crippen molar-refractivity contribution in [2.24, 2.45) is 0 Å². The molecule has 0 N–H and O–H groups in total. The van der Waals surface area contributed by atoms with Gasteiger partial charge < -0.3 is 14.5 Å². The summed E-state index contributed by atoms with van der Waals surface area (Å²) in [5.41, 5.74) is 0. The van der Waals surface area contributed by atoms with Crippen molar-refractivity contribution >= 4 is 23.3 Å². The Hall–Kier alpha value is -1.40. The molecule has 2 heterocycles. The first-order valence-corrected chi connectivity index (χ1v) is 7.16. The molecule has 2 rings (SSSR count). The van der Waals surface area contributed by atoms with Crippen LogP contribution in [-0.4, -0.2) is 60.2 Å². The number of aromatic nitrogens is 2. The zero-order valence-electron chi connectivity index (χ0n) is 11.6. The summed E-state index contributed by atoms with van der Waals surface area (Å²) in [6, 6.07) is 1.74. The number of carbonyl (C=O) groups excluding carboxylic acids is 1. The maximum absolute atomic E-state index is 11.9. The Morgan fingerprint density at radius 2 is 2.10 bits per heavy atom. The number of amides is 1. The molecule has 20 heavy (non-hydrogen) atoms. The van der Waals surface area contributed by atoms with Gasteiger partial charge in [0.25, 0.3) is 0 Å². The van der Waals surface area contributed by atoms with Gasteiger partial charge in [-0.1, -0.05) is 18.5 Å². The molecule has 1 saturated heterocycles. The van der Waals surface area contributed by atoms with Crippen LogP contribution in [0.3, 0.4) is 0 Å². The average Bonchev–Trinajstić information content (AvgIpc) is 2.47. The van der Waals surface area contributed by atoms with E-state index in [1.165, 1.54) is 6.33 Å². The van der Waals surface area contributed by atoms with Crippen LogP contribution in [0.5, 0.6) is 0 Å². The Labute approximate surface area is 123 Å². The normalized spacial score (nSPS) is 15.5. The molecule has 0 atom stereocenters. The van der Waals surface area contributed by atoms with E-state index in [-0.39, 0.29) is 12.5 Å². The molecular weight excluding hydrogens is 280 g/mol. The van der Waals surface area contributed by atoms with E-state index in [0.717, 1.165) is 25.3 Å². The number of rotatable bonds is 5. The Morgan fingerprint density at radius 1 is 1.35 bits per heavy atom. The van der Waals surface area contributed by atoms with Crippen molar-refractivity contribution in [2.75, 3.05) is 44.3 Å². The second-order valence-electron chi connectivity index (χ2n) is 4.62. The highest BCUT2D eigenvalue weighted by molar-refractivity contribution is 6.29. The van der Waals surface area contributed by atoms with E-state index < -0.39 is 0 Å². The third-order valence-corrected chi connectivity index (χ3v) is 3.36. The lowest BCUT2D eigenvalue weighted by molar-refractivity contribution is -0.136. The third-order valence-electron chi connectivity index (χ3n) is 3.15. The van der Waals surface area contributed by atoms with Gasteiger partial charge in [0.2, 0.25) is 5.91 Å². The number of nitrogens with zero attached hydrogens (tertiary/aromatic N) is 4. The molecule has 1 fully saturated rings. The number of hydrogen-bond acceptors (Lipinski definition) is 5. The number of carbonyl (C=O) groups is 1. The summed E-state index contributed by atoms with van der Waals surface area (Å²) < 4.78 is 5.28. The smallest absolute Gasteiger partial charge is 0.248 e. The summed E-state index contributed by atoms with van der Waals surface area (Å²) in [6.07, 6.45) is 2.38. The van der Waals surface area contributed by atoms with E-state index >= 15 is 0 Å². The Bertz CT molecular complexity index is 450. The van der Waals surface area contributed by atoms with Crippen LogP contribution in [0.25, 0.3) is 0 Å². The molecule has 1 aromatic rings. The van der Waals surface area contributed by atoms with Crippen LogP contribution in [0.2, 0.25) is 5.15 Å². The first-order valence-electron chi connectivity index (χ1n) is 6.78. The summed E-state index contributed by atoms with van der Waals surface area (Å²) in [7, 11) is 0. The van der Waals surface area contributed by atoms with Gasteiger partial charge in [0, 0.05) is 38.9 Å². The molecule has 110 valence electrons. The second-order valence-corrected chi connectivity index (χ2v) is 5.01. The fourth-order valence-corrected chi connectivity index (χ4v) is 2.22. The van der Waals surface area contributed by atoms with Gasteiger partial charge in [-0.3, -0.25) is 4.79 Å². The van der Waals surface area contributed by atoms with Crippen LogP contribution in [0.15, 0.2) is 12.4 Å². The highest BCUT2D eigenvalue weighted by Gasteiger charge is 2.21. The molecule has 1 aliphatic heterocycles. The van der Waals surface area contributed by atoms with Gasteiger partial charge in [0.1, 0.15) is 23.9 Å². The molecule has 0 aromatic carbocycles. The Balaban J connectivity index is 1.81. The maximum atomic E-state index is 11.9. The van der Waals surface area contributed by atoms with Gasteiger partial charge in [0.15, 0.2) is 0 Å². The van der Waals surface area contributed by atoms with E-state index in [1.807, 2.05) is 11.8 Å². The van der Waals surface area contributed by atoms with E-state index in [9.17, 15) is 4.79 Å². The second kappa shape index (κ2) is 7.40. The van der Waals surface area contributed by atoms with Crippen molar-refractivity contribution in [1.82, 2.24) is 14.9 Å². The number of anilines is 1. The highest BCUT2D eigenvalue weighted by Crippen LogP contribution is 2.16. The van der Waals surface area contributed by atoms with Crippen LogP contribution in [-0.2, 0) is 9.53 Å². The SMILES string of the molecule is CCCOCC(=O)N1CCN(c2cc(Cl)ncn2)CC1. The van der Waals surface area contributed by atoms with Gasteiger partial charge in [-0.05, 0) is 6.42 Å². The zero-order chi connectivity index (χ0) is 14.4. The van der Waals surface area contributed by atoms with Crippen molar-refractivity contribution in [3.05, 3.63) is 17.5 Å². The van der Waals surface area contributed by atoms with Crippen LogP contribution < -0.4 is 4.90 Å². The maximum Gasteiger partial charge on any atom is 0.248 e. The molecular formula is C13H19ClN4O2. The summed E-state index contributed by atoms with van der Waals surface area (Å²) in [4.78, 5) is 23.9. The van der Waals surface area contributed by atoms with Crippen LogP contribution in [0, 0.1) is 0 Å². The van der Waals surface area contributed by atoms with E-state index in [2.05, 4.69) is 14.9 Å². The largest absolute Gasteiger partial charge is 0.372 e. The minimum atomic E-state index is 0.0545. The molecule has 1 aliphatic rings. The number of ether oxygens (including phenoxy) is 1. The van der Waals surface area contributed by atoms with E-state index in [0.29, 0.717) is 24.8 Å². The lowest BCUT2D eigenvalue weighted by Crippen LogP contribution is -2.50. The predicted molar refractivity (Wildman–Crippen MR) is 76.9 cm³/mol. The van der Waals surface area contributed by atoms with Crippen LogP contribution in [0.4, 0.5) is 5.82 Å². The van der Waals surface area contributed by atoms with Crippen molar-refractivity contribution in [3.63, 3.8) is 0 Å². The van der Waals surface area contributed by atoms with Crippen molar-refractivity contribution in [1.29, 1.82) is 0 Å². The van der Waals surface area contributed by atoms with Gasteiger partial charge in [-0.2, -0.15) is 0 Å². The Morgan fingerprint density at radius 3 is 2.75 bits per heavy atom. The standard InChI is InChI=1S/C13H19ClN4O2/c1-2-7-20-9-13(19)18-5-3-17(4-6-18)12-8-11(14)15-10-16-12/h8,10H,2-7,9H2,1H3. The first kappa shape index (κ1) is 15.0. The summed E-state index contributed by atoms with van der Waals surface area (Å²) in [5, 5.41) is 0.432. The zero-order valence-corrected chi connectivity index (χ0v) is 12.3. The monoisotopic (exact) mass is 298 g/mol. The predicted octanol–water partition coefficient (Wildman–Crippen LogP) is 1.21. The minimum Gasteiger partial charge on any atom is -0.372 e. The van der Waals surface area contributed by atoms with Crippen LogP contribution >= 0.6 is 11.6 Å². The molecule has 1 aromatic heterocycles. The molecule has 7 heteroatoms. The summed E-state index contributed by atoms with van der Waals surface area (Å²) >= 11 is 5.86. The fraction of sp³-hybridized carbons (Fsp3) is 0.615. The van der Waals surface area contributed by atoms with Gasteiger partial charge in [-0.15, -0.1) is 0 Å². The van der Waals surface area contributed by atoms with Gasteiger partial charge in [-0.25, -0.2) is 9.97 Å². The molecule has 0 bridgehead atoms. The molecule has 0 unspecified atom stereocenters.